The van der Waals surface area contributed by atoms with Crippen LogP contribution in [0.5, 0.6) is 17.2 Å². The zero-order valence-corrected chi connectivity index (χ0v) is 52.8. The van der Waals surface area contributed by atoms with Gasteiger partial charge in [0.25, 0.3) is 5.91 Å². The van der Waals surface area contributed by atoms with Crippen LogP contribution in [0.15, 0.2) is 122 Å². The Morgan fingerprint density at radius 3 is 1.88 bits per heavy atom. The van der Waals surface area contributed by atoms with Gasteiger partial charge in [-0.15, -0.1) is 0 Å². The Balaban J connectivity index is 1.07. The van der Waals surface area contributed by atoms with Crippen LogP contribution in [0.2, 0.25) is 0 Å². The standard InChI is InChI=1S/C63H78N7O19P/c1-39(2)70(40(3)4)90(76,84-32-30-79-29-31-80-62-56(67-41(5)71)59(86-44(8)74)58(85-43(7)73)53(88-62)34-81-42(6)72)89-51-33-55(69-38-66-57-60(64-37-65-61(57)69)68-54(75)36-82-50-19-15-12-16-20-50)87-52(51)35-83-63(45-17-13-11-14-18-45,46-21-25-48(77-9)26-22-46)47-23-27-49(78-10)28-24-47/h11-28,37-40,51-53,55-56,58-59,62H,29-36H2,1-10H3,(H,67,71)(H,64,65,68,75)/t51-,52+,53+,55+,56+,58-,59+,62+,90?/m0/s1. The molecule has 0 aliphatic carbocycles. The van der Waals surface area contributed by atoms with Gasteiger partial charge in [0.2, 0.25) is 5.91 Å². The number of aromatic nitrogens is 4. The maximum Gasteiger partial charge on any atom is 0.409 e. The van der Waals surface area contributed by atoms with Gasteiger partial charge in [0, 0.05) is 46.2 Å². The topological polar surface area (TPSA) is 293 Å². The molecule has 8 rings (SSSR count). The SMILES string of the molecule is COc1ccc(C(OC[C@H]2O[C@@H](n3cnc4c(NC(=O)COc5ccccc5)ncnc43)C[C@@H]2OP(=O)(OCCOCCO[C@@H]2O[C@H](COC(C)=O)[C@H](OC(C)=O)[C@H](OC(C)=O)[C@H]2NC(C)=O)N(C(C)C)C(C)C)(c2ccccc2)c2ccc(OC)cc2)cc1. The largest absolute Gasteiger partial charge is 0.497 e. The van der Waals surface area contributed by atoms with Crippen LogP contribution >= 0.6 is 7.75 Å². The molecule has 2 N–H and O–H groups in total. The van der Waals surface area contributed by atoms with Crippen molar-refractivity contribution < 1.29 is 89.7 Å². The molecule has 2 aliphatic heterocycles. The lowest BCUT2D eigenvalue weighted by Gasteiger charge is -2.44. The Bertz CT molecular complexity index is 3320. The molecule has 484 valence electrons. The zero-order chi connectivity index (χ0) is 64.5. The van der Waals surface area contributed by atoms with Gasteiger partial charge < -0.3 is 62.7 Å². The molecule has 0 radical (unpaired) electrons. The van der Waals surface area contributed by atoms with Gasteiger partial charge in [-0.1, -0.05) is 72.8 Å². The Morgan fingerprint density at radius 2 is 1.29 bits per heavy atom. The number of nitrogens with zero attached hydrogens (tertiary/aromatic N) is 5. The normalized spacial score (nSPS) is 20.7. The lowest BCUT2D eigenvalue weighted by atomic mass is 9.80. The summed E-state index contributed by atoms with van der Waals surface area (Å²) in [6.07, 6.45) is -5.13. The Hall–Kier alpha value is -7.91. The summed E-state index contributed by atoms with van der Waals surface area (Å²) in [6.45, 7) is 10.7. The number of benzene rings is 4. The van der Waals surface area contributed by atoms with E-state index in [1.807, 2.05) is 113 Å². The van der Waals surface area contributed by atoms with Crippen LogP contribution in [0.1, 0.15) is 84.7 Å². The second-order valence-corrected chi connectivity index (χ2v) is 23.5. The van der Waals surface area contributed by atoms with Crippen molar-refractivity contribution in [3.8, 4) is 17.2 Å². The summed E-state index contributed by atoms with van der Waals surface area (Å²) < 4.78 is 98.4. The van der Waals surface area contributed by atoms with E-state index in [-0.39, 0.29) is 69.5 Å². The molecule has 4 aromatic carbocycles. The van der Waals surface area contributed by atoms with E-state index in [9.17, 15) is 24.0 Å². The van der Waals surface area contributed by atoms with Gasteiger partial charge in [-0.05, 0) is 80.8 Å². The van der Waals surface area contributed by atoms with Crippen molar-refractivity contribution in [2.75, 3.05) is 65.8 Å². The molecule has 2 aliphatic rings. The fraction of sp³-hybridized carbons (Fsp3) is 0.460. The number of para-hydroxylation sites is 1. The number of hydrogen-bond donors (Lipinski definition) is 2. The molecule has 2 aromatic heterocycles. The van der Waals surface area contributed by atoms with Crippen molar-refractivity contribution in [1.82, 2.24) is 29.5 Å². The predicted octanol–water partition coefficient (Wildman–Crippen LogP) is 7.48. The number of anilines is 1. The fourth-order valence-corrected chi connectivity index (χ4v) is 13.2. The molecule has 2 amide bonds. The van der Waals surface area contributed by atoms with Gasteiger partial charge in [0.15, 0.2) is 42.1 Å². The molecule has 0 bridgehead atoms. The van der Waals surface area contributed by atoms with E-state index < -0.39 is 98.8 Å². The molecule has 0 spiro atoms. The van der Waals surface area contributed by atoms with Crippen LogP contribution < -0.4 is 24.8 Å². The first-order valence-corrected chi connectivity index (χ1v) is 30.8. The van der Waals surface area contributed by atoms with Crippen LogP contribution in [0, 0.1) is 0 Å². The number of amides is 2. The highest BCUT2D eigenvalue weighted by Gasteiger charge is 2.52. The number of nitrogens with one attached hydrogen (secondary N) is 2. The summed E-state index contributed by atoms with van der Waals surface area (Å²) in [6, 6.07) is 31.8. The van der Waals surface area contributed by atoms with Gasteiger partial charge in [-0.3, -0.25) is 37.6 Å². The van der Waals surface area contributed by atoms with E-state index >= 15 is 4.57 Å². The molecule has 6 aromatic rings. The third-order valence-corrected chi connectivity index (χ3v) is 17.1. The molecule has 27 heteroatoms. The van der Waals surface area contributed by atoms with Crippen LogP contribution in [-0.4, -0.2) is 169 Å². The van der Waals surface area contributed by atoms with E-state index in [1.165, 1.54) is 26.5 Å². The molecular weight excluding hydrogens is 1190 g/mol. The number of esters is 3. The number of ether oxygens (including phenoxy) is 11. The maximum atomic E-state index is 16.0. The highest BCUT2D eigenvalue weighted by atomic mass is 31.2. The average Bonchev–Trinajstić information content (AvgIpc) is 1.09. The summed E-state index contributed by atoms with van der Waals surface area (Å²) in [7, 11) is -1.18. The van der Waals surface area contributed by atoms with E-state index in [4.69, 9.17) is 61.2 Å². The molecule has 9 atom stereocenters. The summed E-state index contributed by atoms with van der Waals surface area (Å²) in [5.41, 5.74) is 1.55. The smallest absolute Gasteiger partial charge is 0.409 e. The fourth-order valence-electron chi connectivity index (χ4n) is 10.9. The highest BCUT2D eigenvalue weighted by molar-refractivity contribution is 7.51. The number of rotatable bonds is 31. The van der Waals surface area contributed by atoms with Gasteiger partial charge in [0.1, 0.15) is 66.4 Å². The minimum absolute atomic E-state index is 0.0646. The molecule has 0 saturated carbocycles. The number of fused-ring (bicyclic) bond motifs is 1. The minimum atomic E-state index is -4.37. The highest BCUT2D eigenvalue weighted by Crippen LogP contribution is 2.57. The number of imidazole rings is 1. The predicted molar refractivity (Wildman–Crippen MR) is 324 cm³/mol. The van der Waals surface area contributed by atoms with Crippen LogP contribution in [0.4, 0.5) is 5.82 Å². The summed E-state index contributed by atoms with van der Waals surface area (Å²) in [5, 5.41) is 5.46. The Labute approximate surface area is 521 Å². The number of methoxy groups -OCH3 is 2. The number of hydrogen-bond acceptors (Lipinski definition) is 22. The van der Waals surface area contributed by atoms with Crippen LogP contribution in [0.3, 0.4) is 0 Å². The van der Waals surface area contributed by atoms with Crippen molar-refractivity contribution in [1.29, 1.82) is 0 Å². The quantitative estimate of drug-likeness (QED) is 0.0140. The second-order valence-electron chi connectivity index (χ2n) is 21.6. The maximum absolute atomic E-state index is 16.0. The molecule has 26 nitrogen and oxygen atoms in total. The average molecular weight is 1270 g/mol. The second kappa shape index (κ2) is 31.7. The van der Waals surface area contributed by atoms with E-state index in [0.717, 1.165) is 30.5 Å². The van der Waals surface area contributed by atoms with Gasteiger partial charge in [-0.2, -0.15) is 0 Å². The minimum Gasteiger partial charge on any atom is -0.497 e. The van der Waals surface area contributed by atoms with Crippen LogP contribution in [-0.2, 0) is 81.1 Å². The molecular formula is C63H78N7O19P. The lowest BCUT2D eigenvalue weighted by molar-refractivity contribution is -0.279. The summed E-state index contributed by atoms with van der Waals surface area (Å²) >= 11 is 0. The van der Waals surface area contributed by atoms with E-state index in [1.54, 1.807) is 47.7 Å². The third-order valence-electron chi connectivity index (χ3n) is 14.5. The Morgan fingerprint density at radius 1 is 0.689 bits per heavy atom. The van der Waals surface area contributed by atoms with Crippen LogP contribution in [0.25, 0.3) is 11.2 Å². The van der Waals surface area contributed by atoms with Crippen molar-refractivity contribution in [2.24, 2.45) is 0 Å². The number of carbonyl (C=O) groups is 5. The zero-order valence-electron chi connectivity index (χ0n) is 51.9. The molecule has 2 fully saturated rings. The molecule has 90 heavy (non-hydrogen) atoms. The first-order chi connectivity index (χ1) is 43.2. The van der Waals surface area contributed by atoms with Gasteiger partial charge in [0.05, 0.1) is 53.6 Å². The molecule has 4 heterocycles. The monoisotopic (exact) mass is 1270 g/mol. The van der Waals surface area contributed by atoms with Crippen molar-refractivity contribution in [3.63, 3.8) is 0 Å². The summed E-state index contributed by atoms with van der Waals surface area (Å²) in [5.74, 6) is -1.28. The molecule has 2 saturated heterocycles. The Kier molecular flexibility index (Phi) is 24.0. The first kappa shape index (κ1) is 68.0. The number of carbonyl (C=O) groups excluding carboxylic acids is 5. The third kappa shape index (κ3) is 17.1. The van der Waals surface area contributed by atoms with Crippen molar-refractivity contribution in [3.05, 3.63) is 139 Å². The van der Waals surface area contributed by atoms with E-state index in [0.29, 0.717) is 22.9 Å². The van der Waals surface area contributed by atoms with Gasteiger partial charge in [-0.25, -0.2) is 24.2 Å². The van der Waals surface area contributed by atoms with Crippen molar-refractivity contribution in [2.45, 2.75) is 129 Å². The van der Waals surface area contributed by atoms with Gasteiger partial charge >= 0.3 is 25.7 Å². The first-order valence-electron chi connectivity index (χ1n) is 29.3. The lowest BCUT2D eigenvalue weighted by Crippen LogP contribution is -2.66. The van der Waals surface area contributed by atoms with E-state index in [2.05, 4.69) is 25.6 Å². The summed E-state index contributed by atoms with van der Waals surface area (Å²) in [4.78, 5) is 75.9. The molecule has 1 unspecified atom stereocenters. The van der Waals surface area contributed by atoms with Crippen molar-refractivity contribution >= 4 is 54.5 Å².